The molecule has 0 fully saturated rings. The molecule has 4 nitrogen and oxygen atoms in total. The van der Waals surface area contributed by atoms with Crippen molar-refractivity contribution >= 4 is 23.5 Å². The minimum atomic E-state index is -1.40. The quantitative estimate of drug-likeness (QED) is 0.659. The normalized spacial score (nSPS) is 11.8. The highest BCUT2D eigenvalue weighted by atomic mass is 35.5. The Hall–Kier alpha value is -1.03. The summed E-state index contributed by atoms with van der Waals surface area (Å²) in [5.41, 5.74) is 0. The van der Waals surface area contributed by atoms with Gasteiger partial charge < -0.3 is 10.2 Å². The molecule has 0 amide bonds. The molecule has 2 N–H and O–H groups in total. The number of carboxylic acids is 2. The summed E-state index contributed by atoms with van der Waals surface area (Å²) in [6.45, 7) is 1.56. The van der Waals surface area contributed by atoms with Crippen molar-refractivity contribution in [2.75, 3.05) is 0 Å². The zero-order valence-corrected chi connectivity index (χ0v) is 7.21. The van der Waals surface area contributed by atoms with E-state index in [1.807, 2.05) is 0 Å². The lowest BCUT2D eigenvalue weighted by Crippen LogP contribution is -2.22. The smallest absolute Gasteiger partial charge is 0.318 e. The Balaban J connectivity index is 4.25. The minimum absolute atomic E-state index is 0.0833. The molecule has 0 aliphatic rings. The van der Waals surface area contributed by atoms with Crippen LogP contribution in [0.25, 0.3) is 0 Å². The topological polar surface area (TPSA) is 74.6 Å². The summed E-state index contributed by atoms with van der Waals surface area (Å²) in [5.74, 6) is -4.10. The van der Waals surface area contributed by atoms with Crippen LogP contribution in [0.3, 0.4) is 0 Å². The Morgan fingerprint density at radius 2 is 1.83 bits per heavy atom. The fourth-order valence-electron chi connectivity index (χ4n) is 0.588. The Labute approximate surface area is 74.5 Å². The first-order valence-electron chi connectivity index (χ1n) is 3.23. The molecule has 0 atom stereocenters. The van der Waals surface area contributed by atoms with Crippen LogP contribution in [-0.2, 0) is 9.59 Å². The standard InChI is InChI=1S/C7H9ClO4/c1-4(8)2-3-5(6(9)10)7(11)12/h2,5H,3H2,1H3,(H,9,10)(H,11,12). The van der Waals surface area contributed by atoms with Crippen molar-refractivity contribution in [1.82, 2.24) is 0 Å². The third-order valence-electron chi connectivity index (χ3n) is 1.23. The van der Waals surface area contributed by atoms with Crippen molar-refractivity contribution in [3.8, 4) is 0 Å². The molecule has 0 spiro atoms. The Morgan fingerprint density at radius 3 is 2.08 bits per heavy atom. The molecular weight excluding hydrogens is 184 g/mol. The Morgan fingerprint density at radius 1 is 1.42 bits per heavy atom. The maximum absolute atomic E-state index is 10.3. The van der Waals surface area contributed by atoms with E-state index in [4.69, 9.17) is 21.8 Å². The highest BCUT2D eigenvalue weighted by Gasteiger charge is 2.23. The van der Waals surface area contributed by atoms with Crippen LogP contribution in [0, 0.1) is 5.92 Å². The first-order valence-corrected chi connectivity index (χ1v) is 3.60. The van der Waals surface area contributed by atoms with Crippen LogP contribution in [0.5, 0.6) is 0 Å². The molecule has 0 aliphatic carbocycles. The second-order valence-corrected chi connectivity index (χ2v) is 2.85. The fourth-order valence-corrected chi connectivity index (χ4v) is 0.677. The minimum Gasteiger partial charge on any atom is -0.481 e. The molecule has 0 saturated carbocycles. The summed E-state index contributed by atoms with van der Waals surface area (Å²) in [5, 5.41) is 17.2. The number of hydrogen-bond donors (Lipinski definition) is 2. The van der Waals surface area contributed by atoms with Gasteiger partial charge in [0.05, 0.1) is 0 Å². The Bertz CT molecular complexity index is 203. The molecule has 12 heavy (non-hydrogen) atoms. The van der Waals surface area contributed by atoms with E-state index in [1.54, 1.807) is 6.92 Å². The van der Waals surface area contributed by atoms with Crippen LogP contribution in [0.4, 0.5) is 0 Å². The van der Waals surface area contributed by atoms with Crippen molar-refractivity contribution < 1.29 is 19.8 Å². The van der Waals surface area contributed by atoms with E-state index in [2.05, 4.69) is 0 Å². The van der Waals surface area contributed by atoms with Gasteiger partial charge in [0, 0.05) is 5.03 Å². The van der Waals surface area contributed by atoms with E-state index >= 15 is 0 Å². The highest BCUT2D eigenvalue weighted by Crippen LogP contribution is 2.09. The second kappa shape index (κ2) is 4.77. The highest BCUT2D eigenvalue weighted by molar-refractivity contribution is 6.29. The summed E-state index contributed by atoms with van der Waals surface area (Å²) in [6, 6.07) is 0. The summed E-state index contributed by atoms with van der Waals surface area (Å²) in [7, 11) is 0. The van der Waals surface area contributed by atoms with Crippen LogP contribution >= 0.6 is 11.6 Å². The molecule has 0 unspecified atom stereocenters. The average Bonchev–Trinajstić information content (AvgIpc) is 1.84. The maximum Gasteiger partial charge on any atom is 0.318 e. The third kappa shape index (κ3) is 3.98. The number of carboxylic acid groups (broad SMARTS) is 2. The molecule has 0 radical (unpaired) electrons. The van der Waals surface area contributed by atoms with E-state index in [1.165, 1.54) is 6.08 Å². The van der Waals surface area contributed by atoms with Gasteiger partial charge in [-0.2, -0.15) is 0 Å². The molecule has 0 heterocycles. The molecule has 68 valence electrons. The van der Waals surface area contributed by atoms with E-state index < -0.39 is 17.9 Å². The van der Waals surface area contributed by atoms with Crippen molar-refractivity contribution in [3.05, 3.63) is 11.1 Å². The van der Waals surface area contributed by atoms with Gasteiger partial charge in [0.2, 0.25) is 0 Å². The van der Waals surface area contributed by atoms with Gasteiger partial charge in [0.15, 0.2) is 5.92 Å². The number of carbonyl (C=O) groups is 2. The van der Waals surface area contributed by atoms with Crippen molar-refractivity contribution in [1.29, 1.82) is 0 Å². The molecule has 0 aromatic rings. The molecule has 0 aromatic heterocycles. The number of aliphatic carboxylic acids is 2. The van der Waals surface area contributed by atoms with Crippen LogP contribution in [0.15, 0.2) is 11.1 Å². The largest absolute Gasteiger partial charge is 0.481 e. The molecule has 0 aliphatic heterocycles. The Kier molecular flexibility index (Phi) is 4.36. The summed E-state index contributed by atoms with van der Waals surface area (Å²) in [6.07, 6.45) is 1.29. The number of halogens is 1. The van der Waals surface area contributed by atoms with Crippen LogP contribution in [0.2, 0.25) is 0 Å². The van der Waals surface area contributed by atoms with Gasteiger partial charge in [0.25, 0.3) is 0 Å². The van der Waals surface area contributed by atoms with Gasteiger partial charge in [-0.15, -0.1) is 0 Å². The molecule has 5 heteroatoms. The lowest BCUT2D eigenvalue weighted by Gasteiger charge is -2.02. The van der Waals surface area contributed by atoms with E-state index in [0.717, 1.165) is 0 Å². The predicted molar refractivity (Wildman–Crippen MR) is 43.0 cm³/mol. The van der Waals surface area contributed by atoms with Crippen LogP contribution in [0.1, 0.15) is 13.3 Å². The molecular formula is C7H9ClO4. The monoisotopic (exact) mass is 192 g/mol. The molecule has 0 rings (SSSR count). The predicted octanol–water partition coefficient (Wildman–Crippen LogP) is 1.30. The molecule has 0 saturated heterocycles. The SMILES string of the molecule is CC(Cl)=CCC(C(=O)O)C(=O)O. The lowest BCUT2D eigenvalue weighted by atomic mass is 10.1. The van der Waals surface area contributed by atoms with E-state index in [-0.39, 0.29) is 6.42 Å². The lowest BCUT2D eigenvalue weighted by molar-refractivity contribution is -0.154. The van der Waals surface area contributed by atoms with Gasteiger partial charge in [-0.25, -0.2) is 0 Å². The fraction of sp³-hybridized carbons (Fsp3) is 0.429. The van der Waals surface area contributed by atoms with Crippen molar-refractivity contribution in [2.45, 2.75) is 13.3 Å². The van der Waals surface area contributed by atoms with Crippen LogP contribution < -0.4 is 0 Å². The van der Waals surface area contributed by atoms with Gasteiger partial charge in [-0.05, 0) is 13.3 Å². The van der Waals surface area contributed by atoms with Crippen molar-refractivity contribution in [3.63, 3.8) is 0 Å². The van der Waals surface area contributed by atoms with Gasteiger partial charge in [-0.1, -0.05) is 17.7 Å². The second-order valence-electron chi connectivity index (χ2n) is 2.26. The average molecular weight is 193 g/mol. The molecule has 0 aromatic carbocycles. The number of hydrogen-bond acceptors (Lipinski definition) is 2. The maximum atomic E-state index is 10.3. The third-order valence-corrected chi connectivity index (χ3v) is 1.39. The summed E-state index contributed by atoms with van der Waals surface area (Å²) in [4.78, 5) is 20.6. The summed E-state index contributed by atoms with van der Waals surface area (Å²) < 4.78 is 0. The van der Waals surface area contributed by atoms with Crippen LogP contribution in [-0.4, -0.2) is 22.2 Å². The first-order chi connectivity index (χ1) is 5.45. The number of allylic oxidation sites excluding steroid dienone is 2. The van der Waals surface area contributed by atoms with E-state index in [0.29, 0.717) is 5.03 Å². The zero-order chi connectivity index (χ0) is 9.72. The number of rotatable bonds is 4. The van der Waals surface area contributed by atoms with Gasteiger partial charge in [-0.3, -0.25) is 9.59 Å². The zero-order valence-electron chi connectivity index (χ0n) is 6.45. The molecule has 0 bridgehead atoms. The van der Waals surface area contributed by atoms with E-state index in [9.17, 15) is 9.59 Å². The van der Waals surface area contributed by atoms with Gasteiger partial charge in [0.1, 0.15) is 0 Å². The van der Waals surface area contributed by atoms with Gasteiger partial charge >= 0.3 is 11.9 Å². The van der Waals surface area contributed by atoms with Crippen molar-refractivity contribution in [2.24, 2.45) is 5.92 Å². The first kappa shape index (κ1) is 11.0. The summed E-state index contributed by atoms with van der Waals surface area (Å²) >= 11 is 5.41.